The van der Waals surface area contributed by atoms with E-state index in [4.69, 9.17) is 0 Å². The van der Waals surface area contributed by atoms with Gasteiger partial charge in [-0.05, 0) is 145 Å². The first-order valence-electron chi connectivity index (χ1n) is 23.9. The Morgan fingerprint density at radius 1 is 0.324 bits per heavy atom. The predicted molar refractivity (Wildman–Crippen MR) is 287 cm³/mol. The smallest absolute Gasteiger partial charge is 0.0544 e. The van der Waals surface area contributed by atoms with E-state index in [9.17, 15) is 0 Å². The minimum atomic E-state index is -0.138. The molecular formula is C66H50N2. The average Bonchev–Trinajstić information content (AvgIpc) is 3.93. The van der Waals surface area contributed by atoms with Crippen LogP contribution in [0.5, 0.6) is 0 Å². The summed E-state index contributed by atoms with van der Waals surface area (Å²) in [5.41, 5.74) is 24.6. The number of nitrogens with zero attached hydrogens (tertiary/aromatic N) is 2. The lowest BCUT2D eigenvalue weighted by atomic mass is 9.82. The SMILES string of the molecule is CC1(C)c2ccccc2-c2cc3c4cc(-c5ccc(N(c6cc(-c7ccccc7)cc(-c7ccccc7)c6)c6cccc7c6-c6ccccc6C7(C)C)cc5)ccc4n(-c4ccccc4)c3cc21. The van der Waals surface area contributed by atoms with Crippen molar-refractivity contribution in [3.63, 3.8) is 0 Å². The fourth-order valence-electron chi connectivity index (χ4n) is 11.7. The van der Waals surface area contributed by atoms with Gasteiger partial charge in [-0.3, -0.25) is 0 Å². The highest BCUT2D eigenvalue weighted by molar-refractivity contribution is 6.13. The summed E-state index contributed by atoms with van der Waals surface area (Å²) in [5, 5.41) is 2.53. The molecule has 68 heavy (non-hydrogen) atoms. The molecule has 11 aromatic rings. The molecule has 1 aromatic heterocycles. The molecule has 0 bridgehead atoms. The van der Waals surface area contributed by atoms with Crippen LogP contribution in [-0.2, 0) is 10.8 Å². The van der Waals surface area contributed by atoms with E-state index in [-0.39, 0.29) is 10.8 Å². The zero-order chi connectivity index (χ0) is 45.7. The largest absolute Gasteiger partial charge is 0.310 e. The quantitative estimate of drug-likeness (QED) is 0.155. The lowest BCUT2D eigenvalue weighted by Crippen LogP contribution is -2.16. The van der Waals surface area contributed by atoms with Gasteiger partial charge < -0.3 is 9.47 Å². The fraction of sp³-hybridized carbons (Fsp3) is 0.0909. The van der Waals surface area contributed by atoms with Gasteiger partial charge in [-0.15, -0.1) is 0 Å². The maximum Gasteiger partial charge on any atom is 0.0544 e. The van der Waals surface area contributed by atoms with Crippen molar-refractivity contribution in [1.82, 2.24) is 4.57 Å². The first-order chi connectivity index (χ1) is 33.2. The molecular weight excluding hydrogens is 821 g/mol. The maximum atomic E-state index is 2.50. The Labute approximate surface area is 399 Å². The number of rotatable bonds is 7. The molecule has 2 heteroatoms. The van der Waals surface area contributed by atoms with Crippen LogP contribution in [0.4, 0.5) is 17.1 Å². The topological polar surface area (TPSA) is 8.17 Å². The van der Waals surface area contributed by atoms with Gasteiger partial charge in [-0.25, -0.2) is 0 Å². The normalized spacial score (nSPS) is 13.8. The zero-order valence-corrected chi connectivity index (χ0v) is 38.8. The van der Waals surface area contributed by atoms with Crippen LogP contribution in [0.3, 0.4) is 0 Å². The molecule has 2 aliphatic rings. The minimum Gasteiger partial charge on any atom is -0.310 e. The Hall–Kier alpha value is -8.20. The molecule has 2 nitrogen and oxygen atoms in total. The van der Waals surface area contributed by atoms with Crippen LogP contribution in [-0.4, -0.2) is 4.57 Å². The van der Waals surface area contributed by atoms with E-state index in [1.54, 1.807) is 0 Å². The number of aromatic nitrogens is 1. The van der Waals surface area contributed by atoms with Crippen molar-refractivity contribution in [3.05, 3.63) is 253 Å². The number of para-hydroxylation sites is 1. The molecule has 1 heterocycles. The lowest BCUT2D eigenvalue weighted by molar-refractivity contribution is 0.660. The Morgan fingerprint density at radius 3 is 1.53 bits per heavy atom. The molecule has 0 N–H and O–H groups in total. The molecule has 0 saturated heterocycles. The highest BCUT2D eigenvalue weighted by Gasteiger charge is 2.38. The molecule has 13 rings (SSSR count). The van der Waals surface area contributed by atoms with Crippen LogP contribution < -0.4 is 4.90 Å². The number of anilines is 3. The summed E-state index contributed by atoms with van der Waals surface area (Å²) in [6, 6.07) is 85.6. The molecule has 2 aliphatic carbocycles. The molecule has 0 amide bonds. The second-order valence-electron chi connectivity index (χ2n) is 19.7. The molecule has 0 fully saturated rings. The molecule has 10 aromatic carbocycles. The minimum absolute atomic E-state index is 0.0930. The van der Waals surface area contributed by atoms with Crippen molar-refractivity contribution in [1.29, 1.82) is 0 Å². The molecule has 324 valence electrons. The van der Waals surface area contributed by atoms with Crippen molar-refractivity contribution in [2.75, 3.05) is 4.90 Å². The van der Waals surface area contributed by atoms with E-state index in [1.165, 1.54) is 111 Å². The zero-order valence-electron chi connectivity index (χ0n) is 38.8. The van der Waals surface area contributed by atoms with E-state index >= 15 is 0 Å². The van der Waals surface area contributed by atoms with Gasteiger partial charge in [0.1, 0.15) is 0 Å². The van der Waals surface area contributed by atoms with Gasteiger partial charge in [0.25, 0.3) is 0 Å². The standard InChI is InChI=1S/C66H50N2/c1-65(2)58-28-17-15-26-53(58)64-59(65)29-18-30-62(64)67(51-38-47(43-19-8-5-9-20-43)37-48(39-51)44-21-10-6-11-22-44)50-34-31-45(32-35-50)46-33-36-61-55(40-46)56-41-54-52-25-14-16-27-57(52)66(3,4)60(54)42-63(56)68(61)49-23-12-7-13-24-49/h5-42H,1-4H3. The van der Waals surface area contributed by atoms with Crippen LogP contribution in [0.1, 0.15) is 49.9 Å². The average molecular weight is 871 g/mol. The van der Waals surface area contributed by atoms with Crippen LogP contribution >= 0.6 is 0 Å². The third-order valence-corrected chi connectivity index (χ3v) is 15.2. The van der Waals surface area contributed by atoms with Gasteiger partial charge >= 0.3 is 0 Å². The van der Waals surface area contributed by atoms with Crippen molar-refractivity contribution >= 4 is 38.9 Å². The monoisotopic (exact) mass is 870 g/mol. The van der Waals surface area contributed by atoms with E-state index < -0.39 is 0 Å². The molecule has 0 saturated carbocycles. The number of hydrogen-bond donors (Lipinski definition) is 0. The van der Waals surface area contributed by atoms with Gasteiger partial charge in [0.2, 0.25) is 0 Å². The number of benzene rings is 10. The highest BCUT2D eigenvalue weighted by atomic mass is 15.1. The Balaban J connectivity index is 0.999. The molecule has 0 radical (unpaired) electrons. The Kier molecular flexibility index (Phi) is 8.95. The molecule has 0 aliphatic heterocycles. The van der Waals surface area contributed by atoms with Crippen molar-refractivity contribution in [3.8, 4) is 61.3 Å². The number of fused-ring (bicyclic) bond motifs is 9. The highest BCUT2D eigenvalue weighted by Crippen LogP contribution is 2.55. The van der Waals surface area contributed by atoms with Crippen LogP contribution in [0.15, 0.2) is 231 Å². The van der Waals surface area contributed by atoms with Crippen LogP contribution in [0.25, 0.3) is 83.1 Å². The van der Waals surface area contributed by atoms with Crippen LogP contribution in [0, 0.1) is 0 Å². The summed E-state index contributed by atoms with van der Waals surface area (Å²) in [6.45, 7) is 9.47. The van der Waals surface area contributed by atoms with E-state index in [0.717, 1.165) is 11.4 Å². The maximum absolute atomic E-state index is 2.50. The third kappa shape index (κ3) is 6.10. The summed E-state index contributed by atoms with van der Waals surface area (Å²) < 4.78 is 2.46. The van der Waals surface area contributed by atoms with E-state index in [1.807, 2.05) is 0 Å². The number of hydrogen-bond acceptors (Lipinski definition) is 1. The third-order valence-electron chi connectivity index (χ3n) is 15.2. The first-order valence-corrected chi connectivity index (χ1v) is 23.9. The van der Waals surface area contributed by atoms with Gasteiger partial charge in [-0.2, -0.15) is 0 Å². The lowest BCUT2D eigenvalue weighted by Gasteiger charge is -2.30. The Morgan fingerprint density at radius 2 is 0.853 bits per heavy atom. The van der Waals surface area contributed by atoms with Crippen molar-refractivity contribution < 1.29 is 0 Å². The summed E-state index contributed by atoms with van der Waals surface area (Å²) in [5.74, 6) is 0. The van der Waals surface area contributed by atoms with Gasteiger partial charge in [0.15, 0.2) is 0 Å². The summed E-state index contributed by atoms with van der Waals surface area (Å²) >= 11 is 0. The van der Waals surface area contributed by atoms with E-state index in [2.05, 4.69) is 268 Å². The molecule has 0 spiro atoms. The van der Waals surface area contributed by atoms with Gasteiger partial charge in [0, 0.05) is 44.2 Å². The molecule has 0 unspecified atom stereocenters. The van der Waals surface area contributed by atoms with Crippen LogP contribution in [0.2, 0.25) is 0 Å². The summed E-state index contributed by atoms with van der Waals surface area (Å²) in [4.78, 5) is 2.50. The van der Waals surface area contributed by atoms with Gasteiger partial charge in [0.05, 0.1) is 16.7 Å². The van der Waals surface area contributed by atoms with Crippen molar-refractivity contribution in [2.24, 2.45) is 0 Å². The van der Waals surface area contributed by atoms with Crippen molar-refractivity contribution in [2.45, 2.75) is 38.5 Å². The van der Waals surface area contributed by atoms with Gasteiger partial charge in [-0.1, -0.05) is 185 Å². The predicted octanol–water partition coefficient (Wildman–Crippen LogP) is 17.9. The Bertz CT molecular complexity index is 3710. The van der Waals surface area contributed by atoms with E-state index in [0.29, 0.717) is 0 Å². The second-order valence-corrected chi connectivity index (χ2v) is 19.7. The summed E-state index contributed by atoms with van der Waals surface area (Å²) in [7, 11) is 0. The fourth-order valence-corrected chi connectivity index (χ4v) is 11.7. The second kappa shape index (κ2) is 15.2. The first kappa shape index (κ1) is 40.1. The molecule has 0 atom stereocenters. The summed E-state index contributed by atoms with van der Waals surface area (Å²) in [6.07, 6.45) is 0.